The molecule has 0 bridgehead atoms. The van der Waals surface area contributed by atoms with E-state index in [1.807, 2.05) is 0 Å². The third-order valence-corrected chi connectivity index (χ3v) is 6.51. The number of methoxy groups -OCH3 is 1. The monoisotopic (exact) mass is 622 g/mol. The summed E-state index contributed by atoms with van der Waals surface area (Å²) in [5.74, 6) is -0.904. The molecule has 0 saturated carbocycles. The molecule has 0 saturated heterocycles. The third-order valence-electron chi connectivity index (χ3n) is 6.51. The molecule has 0 aliphatic heterocycles. The first-order valence-electron chi connectivity index (χ1n) is 13.2. The van der Waals surface area contributed by atoms with Crippen molar-refractivity contribution in [2.45, 2.75) is 32.3 Å². The number of H-pyrrole nitrogens is 1. The van der Waals surface area contributed by atoms with Crippen LogP contribution in [0.1, 0.15) is 27.9 Å². The molecule has 0 atom stereocenters. The van der Waals surface area contributed by atoms with Crippen LogP contribution in [0.4, 0.5) is 26.3 Å². The molecule has 0 aliphatic carbocycles. The van der Waals surface area contributed by atoms with E-state index in [1.54, 1.807) is 37.3 Å². The van der Waals surface area contributed by atoms with Gasteiger partial charge in [0.05, 0.1) is 35.6 Å². The zero-order valence-corrected chi connectivity index (χ0v) is 23.6. The van der Waals surface area contributed by atoms with Gasteiger partial charge >= 0.3 is 12.4 Å². The summed E-state index contributed by atoms with van der Waals surface area (Å²) in [6, 6.07) is 12.1. The van der Waals surface area contributed by atoms with E-state index in [0.29, 0.717) is 35.6 Å². The smallest absolute Gasteiger partial charge is 0.416 e. The number of ketones is 1. The highest BCUT2D eigenvalue weighted by Crippen LogP contribution is 2.47. The van der Waals surface area contributed by atoms with Crippen LogP contribution in [0.25, 0.3) is 22.4 Å². The minimum absolute atomic E-state index is 0.0139. The zero-order valence-electron chi connectivity index (χ0n) is 23.6. The number of hydrogen-bond donors (Lipinski definition) is 2. The van der Waals surface area contributed by atoms with Gasteiger partial charge in [-0.05, 0) is 60.0 Å². The second-order valence-corrected chi connectivity index (χ2v) is 9.93. The number of Topliss-reactive ketones (excluding diaryl/α,β-unsaturated/α-hetero) is 1. The largest absolute Gasteiger partial charge is 0.506 e. The quantitative estimate of drug-likeness (QED) is 0.129. The van der Waals surface area contributed by atoms with E-state index < -0.39 is 34.8 Å². The number of hydrogen-bond acceptors (Lipinski definition) is 6. The lowest BCUT2D eigenvalue weighted by Gasteiger charge is -2.19. The number of rotatable bonds is 12. The van der Waals surface area contributed by atoms with Crippen molar-refractivity contribution in [1.82, 2.24) is 10.2 Å². The minimum Gasteiger partial charge on any atom is -0.506 e. The number of nitrogens with one attached hydrogen (secondary N) is 1. The van der Waals surface area contributed by atoms with E-state index in [2.05, 4.69) is 10.2 Å². The van der Waals surface area contributed by atoms with Gasteiger partial charge in [-0.15, -0.1) is 0 Å². The summed E-state index contributed by atoms with van der Waals surface area (Å²) in [6.45, 7) is 2.12. The van der Waals surface area contributed by atoms with Crippen LogP contribution < -0.4 is 4.74 Å². The number of aryl methyl sites for hydroxylation is 1. The van der Waals surface area contributed by atoms with Crippen LogP contribution >= 0.6 is 0 Å². The molecule has 1 heterocycles. The summed E-state index contributed by atoms with van der Waals surface area (Å²) in [5, 5.41) is 18.0. The number of benzene rings is 3. The molecule has 0 aliphatic rings. The predicted octanol–water partition coefficient (Wildman–Crippen LogP) is 7.15. The molecule has 2 N–H and O–H groups in total. The van der Waals surface area contributed by atoms with Crippen LogP contribution in [0.5, 0.6) is 11.5 Å². The van der Waals surface area contributed by atoms with Crippen molar-refractivity contribution in [2.24, 2.45) is 0 Å². The topological polar surface area (TPSA) is 93.7 Å². The Bertz CT molecular complexity index is 1560. The number of phenolic OH excluding ortho intramolecular Hbond substituents is 1. The zero-order chi connectivity index (χ0) is 32.1. The Labute approximate surface area is 248 Å². The fourth-order valence-electron chi connectivity index (χ4n) is 4.36. The summed E-state index contributed by atoms with van der Waals surface area (Å²) in [7, 11) is 1.52. The van der Waals surface area contributed by atoms with Gasteiger partial charge in [0.15, 0.2) is 5.78 Å². The van der Waals surface area contributed by atoms with Crippen LogP contribution in [0, 0.1) is 6.92 Å². The highest BCUT2D eigenvalue weighted by atomic mass is 19.4. The highest BCUT2D eigenvalue weighted by Gasteiger charge is 2.37. The standard InChI is InChI=1S/C31H28F6N2O5/c1-18-11-26(39-38-18)25-7-8-27(44-16-20-5-3-19(4-6-20)12-24(40)17-43-10-9-42-2)28(29(25)41)21-13-22(30(32,33)34)15-23(14-21)31(35,36)37/h3-8,11,13-15,41H,9-10,12,16-17H2,1-2H3,(H,38,39). The number of nitrogens with zero attached hydrogens (tertiary/aromatic N) is 1. The first kappa shape index (κ1) is 32.6. The van der Waals surface area contributed by atoms with Gasteiger partial charge in [0, 0.05) is 24.8 Å². The second-order valence-electron chi connectivity index (χ2n) is 9.93. The van der Waals surface area contributed by atoms with Crippen molar-refractivity contribution in [2.75, 3.05) is 26.9 Å². The van der Waals surface area contributed by atoms with E-state index in [1.165, 1.54) is 19.2 Å². The van der Waals surface area contributed by atoms with Crippen LogP contribution in [0.15, 0.2) is 60.7 Å². The third kappa shape index (κ3) is 8.17. The summed E-state index contributed by atoms with van der Waals surface area (Å²) < 4.78 is 97.9. The van der Waals surface area contributed by atoms with Gasteiger partial charge in [-0.3, -0.25) is 9.89 Å². The Morgan fingerprint density at radius 3 is 2.09 bits per heavy atom. The molecule has 4 aromatic rings. The van der Waals surface area contributed by atoms with Gasteiger partial charge in [0.1, 0.15) is 24.7 Å². The first-order valence-corrected chi connectivity index (χ1v) is 13.2. The summed E-state index contributed by atoms with van der Waals surface area (Å²) in [5.41, 5.74) is -1.78. The van der Waals surface area contributed by atoms with Crippen LogP contribution in [0.3, 0.4) is 0 Å². The fraction of sp³-hybridized carbons (Fsp3) is 0.290. The van der Waals surface area contributed by atoms with Gasteiger partial charge in [-0.25, -0.2) is 0 Å². The lowest BCUT2D eigenvalue weighted by Crippen LogP contribution is -2.14. The maximum Gasteiger partial charge on any atom is 0.416 e. The number of halogens is 6. The Kier molecular flexibility index (Phi) is 10.00. The second kappa shape index (κ2) is 13.5. The molecule has 0 radical (unpaired) electrons. The molecule has 3 aromatic carbocycles. The Morgan fingerprint density at radius 1 is 0.886 bits per heavy atom. The van der Waals surface area contributed by atoms with Gasteiger partial charge in [0.25, 0.3) is 0 Å². The number of ether oxygens (including phenoxy) is 3. The number of phenols is 1. The number of carbonyl (C=O) groups is 1. The summed E-state index contributed by atoms with van der Waals surface area (Å²) in [6.07, 6.45) is -10.1. The number of aromatic amines is 1. The molecular formula is C31H28F6N2O5. The number of carbonyl (C=O) groups excluding carboxylic acids is 1. The van der Waals surface area contributed by atoms with Crippen molar-refractivity contribution in [3.05, 3.63) is 88.6 Å². The average Bonchev–Trinajstić information content (AvgIpc) is 3.39. The maximum atomic E-state index is 13.7. The molecule has 0 amide bonds. The minimum atomic E-state index is -5.09. The Morgan fingerprint density at radius 2 is 1.52 bits per heavy atom. The van der Waals surface area contributed by atoms with Gasteiger partial charge in [-0.2, -0.15) is 31.4 Å². The van der Waals surface area contributed by atoms with Gasteiger partial charge in [0.2, 0.25) is 0 Å². The molecular weight excluding hydrogens is 594 g/mol. The van der Waals surface area contributed by atoms with Crippen LogP contribution in [0.2, 0.25) is 0 Å². The Hall–Kier alpha value is -4.36. The molecule has 0 unspecified atom stereocenters. The van der Waals surface area contributed by atoms with E-state index in [4.69, 9.17) is 14.2 Å². The Balaban J connectivity index is 1.66. The van der Waals surface area contributed by atoms with Gasteiger partial charge in [-0.1, -0.05) is 24.3 Å². The molecule has 1 aromatic heterocycles. The molecule has 44 heavy (non-hydrogen) atoms. The number of aromatic nitrogens is 2. The number of alkyl halides is 6. The first-order chi connectivity index (χ1) is 20.8. The summed E-state index contributed by atoms with van der Waals surface area (Å²) >= 11 is 0. The van der Waals surface area contributed by atoms with E-state index >= 15 is 0 Å². The molecule has 13 heteroatoms. The van der Waals surface area contributed by atoms with E-state index in [9.17, 15) is 36.2 Å². The average molecular weight is 623 g/mol. The lowest BCUT2D eigenvalue weighted by atomic mass is 9.95. The molecule has 4 rings (SSSR count). The van der Waals surface area contributed by atoms with Crippen LogP contribution in [-0.4, -0.2) is 48.0 Å². The van der Waals surface area contributed by atoms with E-state index in [-0.39, 0.29) is 60.7 Å². The van der Waals surface area contributed by atoms with Crippen molar-refractivity contribution in [3.8, 4) is 33.9 Å². The van der Waals surface area contributed by atoms with Crippen molar-refractivity contribution in [3.63, 3.8) is 0 Å². The normalized spacial score (nSPS) is 12.0. The van der Waals surface area contributed by atoms with Crippen molar-refractivity contribution < 1.29 is 50.5 Å². The van der Waals surface area contributed by atoms with Crippen molar-refractivity contribution >= 4 is 5.78 Å². The number of aromatic hydroxyl groups is 1. The van der Waals surface area contributed by atoms with E-state index in [0.717, 1.165) is 0 Å². The fourth-order valence-corrected chi connectivity index (χ4v) is 4.36. The molecule has 0 fully saturated rings. The summed E-state index contributed by atoms with van der Waals surface area (Å²) in [4.78, 5) is 12.1. The molecule has 7 nitrogen and oxygen atoms in total. The predicted molar refractivity (Wildman–Crippen MR) is 148 cm³/mol. The SMILES string of the molecule is COCCOCC(=O)Cc1ccc(COc2ccc(-c3cc(C)[nH]n3)c(O)c2-c2cc(C(F)(F)F)cc(C(F)(F)F)c2)cc1. The van der Waals surface area contributed by atoms with Crippen LogP contribution in [-0.2, 0) is 39.6 Å². The molecule has 0 spiro atoms. The van der Waals surface area contributed by atoms with Gasteiger partial charge < -0.3 is 19.3 Å². The maximum absolute atomic E-state index is 13.7. The van der Waals surface area contributed by atoms with Crippen molar-refractivity contribution in [1.29, 1.82) is 0 Å². The molecule has 234 valence electrons. The lowest BCUT2D eigenvalue weighted by molar-refractivity contribution is -0.143. The highest BCUT2D eigenvalue weighted by molar-refractivity contribution is 5.86.